The third-order valence-corrected chi connectivity index (χ3v) is 4.24. The van der Waals surface area contributed by atoms with Crippen molar-refractivity contribution in [2.24, 2.45) is 0 Å². The van der Waals surface area contributed by atoms with Gasteiger partial charge < -0.3 is 0 Å². The number of hydrogen-bond donors (Lipinski definition) is 0. The van der Waals surface area contributed by atoms with E-state index < -0.39 is 0 Å². The molecule has 1 aliphatic heterocycles. The fourth-order valence-corrected chi connectivity index (χ4v) is 3.29. The van der Waals surface area contributed by atoms with E-state index in [0.717, 1.165) is 18.4 Å². The molecule has 1 heterocycles. The lowest BCUT2D eigenvalue weighted by atomic mass is 10.1. The molecule has 0 unspecified atom stereocenters. The second kappa shape index (κ2) is 4.04. The van der Waals surface area contributed by atoms with Crippen LogP contribution in [-0.2, 0) is 6.42 Å². The third-order valence-electron chi connectivity index (χ3n) is 4.24. The number of hydrogen-bond acceptors (Lipinski definition) is 2. The van der Waals surface area contributed by atoms with Crippen LogP contribution in [0.1, 0.15) is 44.3 Å². The smallest absolute Gasteiger partial charge is 0.262 e. The van der Waals surface area contributed by atoms with E-state index in [4.69, 9.17) is 0 Å². The zero-order valence-corrected chi connectivity index (χ0v) is 10.9. The molecule has 2 amide bonds. The van der Waals surface area contributed by atoms with Crippen molar-refractivity contribution in [1.82, 2.24) is 4.90 Å². The van der Waals surface area contributed by atoms with E-state index in [1.54, 1.807) is 24.3 Å². The Bertz CT molecular complexity index is 700. The highest BCUT2D eigenvalue weighted by molar-refractivity contribution is 6.21. The van der Waals surface area contributed by atoms with E-state index in [9.17, 15) is 9.59 Å². The normalized spacial score (nSPS) is 20.2. The minimum atomic E-state index is -0.160. The summed E-state index contributed by atoms with van der Waals surface area (Å²) in [6.45, 7) is 0. The lowest BCUT2D eigenvalue weighted by Gasteiger charge is -2.22. The Morgan fingerprint density at radius 1 is 0.850 bits per heavy atom. The Labute approximate surface area is 116 Å². The highest BCUT2D eigenvalue weighted by atomic mass is 16.2. The van der Waals surface area contributed by atoms with Gasteiger partial charge in [0.05, 0.1) is 17.2 Å². The van der Waals surface area contributed by atoms with Gasteiger partial charge in [-0.05, 0) is 36.1 Å². The molecule has 2 aromatic rings. The van der Waals surface area contributed by atoms with Crippen molar-refractivity contribution in [3.05, 3.63) is 70.8 Å². The first-order chi connectivity index (χ1) is 9.77. The summed E-state index contributed by atoms with van der Waals surface area (Å²) in [6.07, 6.45) is 1.75. The van der Waals surface area contributed by atoms with Gasteiger partial charge in [0.1, 0.15) is 0 Å². The zero-order valence-electron chi connectivity index (χ0n) is 10.9. The fraction of sp³-hybridized carbons (Fsp3) is 0.176. The first-order valence-electron chi connectivity index (χ1n) is 6.82. The number of carbonyl (C=O) groups excluding carboxylic acids is 2. The standard InChI is InChI=1S/C17H13NO2/c19-16-13-7-3-4-8-14(13)17(20)18(16)15-10-9-11-5-1-2-6-12(11)15/h1-8,15H,9-10H2/t15-/m0/s1. The molecule has 0 bridgehead atoms. The average molecular weight is 263 g/mol. The van der Waals surface area contributed by atoms with Crippen LogP contribution in [0.4, 0.5) is 0 Å². The number of nitrogens with zero attached hydrogens (tertiary/aromatic N) is 1. The SMILES string of the molecule is O=C1c2ccccc2C(=O)N1[C@H]1CCc2ccccc21. The number of benzene rings is 2. The summed E-state index contributed by atoms with van der Waals surface area (Å²) in [5.41, 5.74) is 3.42. The van der Waals surface area contributed by atoms with Crippen LogP contribution in [0, 0.1) is 0 Å². The van der Waals surface area contributed by atoms with Crippen LogP contribution in [-0.4, -0.2) is 16.7 Å². The summed E-state index contributed by atoms with van der Waals surface area (Å²) in [7, 11) is 0. The molecule has 4 rings (SSSR count). The van der Waals surface area contributed by atoms with Gasteiger partial charge in [0, 0.05) is 0 Å². The van der Waals surface area contributed by atoms with E-state index in [2.05, 4.69) is 6.07 Å². The molecule has 2 aliphatic rings. The molecule has 0 aromatic heterocycles. The Morgan fingerprint density at radius 3 is 2.15 bits per heavy atom. The molecule has 0 N–H and O–H groups in total. The first-order valence-corrected chi connectivity index (χ1v) is 6.82. The largest absolute Gasteiger partial charge is 0.269 e. The maximum atomic E-state index is 12.5. The third kappa shape index (κ3) is 1.40. The molecule has 1 aliphatic carbocycles. The van der Waals surface area contributed by atoms with Gasteiger partial charge in [0.25, 0.3) is 11.8 Å². The summed E-state index contributed by atoms with van der Waals surface area (Å²) < 4.78 is 0. The second-order valence-electron chi connectivity index (χ2n) is 5.28. The van der Waals surface area contributed by atoms with E-state index in [0.29, 0.717) is 11.1 Å². The highest BCUT2D eigenvalue weighted by Crippen LogP contribution is 2.39. The minimum absolute atomic E-state index is 0.112. The number of fused-ring (bicyclic) bond motifs is 2. The molecular weight excluding hydrogens is 250 g/mol. The van der Waals surface area contributed by atoms with Crippen LogP contribution in [0.5, 0.6) is 0 Å². The van der Waals surface area contributed by atoms with Crippen molar-refractivity contribution in [3.63, 3.8) is 0 Å². The first kappa shape index (κ1) is 11.4. The van der Waals surface area contributed by atoms with E-state index in [-0.39, 0.29) is 17.9 Å². The predicted molar refractivity (Wildman–Crippen MR) is 74.4 cm³/mol. The van der Waals surface area contributed by atoms with Gasteiger partial charge >= 0.3 is 0 Å². The maximum absolute atomic E-state index is 12.5. The number of imide groups is 1. The molecule has 2 aromatic carbocycles. The van der Waals surface area contributed by atoms with Crippen LogP contribution in [0.2, 0.25) is 0 Å². The topological polar surface area (TPSA) is 37.4 Å². The van der Waals surface area contributed by atoms with Crippen molar-refractivity contribution in [1.29, 1.82) is 0 Å². The molecule has 98 valence electrons. The van der Waals surface area contributed by atoms with Gasteiger partial charge in [-0.15, -0.1) is 0 Å². The molecule has 0 radical (unpaired) electrons. The molecule has 1 atom stereocenters. The molecule has 20 heavy (non-hydrogen) atoms. The number of carbonyl (C=O) groups is 2. The van der Waals surface area contributed by atoms with Gasteiger partial charge in [-0.25, -0.2) is 0 Å². The Hall–Kier alpha value is -2.42. The zero-order chi connectivity index (χ0) is 13.7. The summed E-state index contributed by atoms with van der Waals surface area (Å²) in [4.78, 5) is 26.5. The lowest BCUT2D eigenvalue weighted by Crippen LogP contribution is -2.33. The van der Waals surface area contributed by atoms with Crippen LogP contribution >= 0.6 is 0 Å². The summed E-state index contributed by atoms with van der Waals surface area (Å²) in [5, 5.41) is 0. The summed E-state index contributed by atoms with van der Waals surface area (Å²) >= 11 is 0. The molecule has 3 heteroatoms. The van der Waals surface area contributed by atoms with Gasteiger partial charge in [0.2, 0.25) is 0 Å². The van der Waals surface area contributed by atoms with Gasteiger partial charge in [0.15, 0.2) is 0 Å². The minimum Gasteiger partial charge on any atom is -0.269 e. The average Bonchev–Trinajstić information content (AvgIpc) is 3.01. The quantitative estimate of drug-likeness (QED) is 0.742. The van der Waals surface area contributed by atoms with Crippen LogP contribution < -0.4 is 0 Å². The van der Waals surface area contributed by atoms with Crippen molar-refractivity contribution in [3.8, 4) is 0 Å². The summed E-state index contributed by atoms with van der Waals surface area (Å²) in [6, 6.07) is 15.0. The summed E-state index contributed by atoms with van der Waals surface area (Å²) in [5.74, 6) is -0.320. The highest BCUT2D eigenvalue weighted by Gasteiger charge is 2.42. The van der Waals surface area contributed by atoms with Gasteiger partial charge in [-0.2, -0.15) is 0 Å². The van der Waals surface area contributed by atoms with E-state index in [1.165, 1.54) is 10.5 Å². The molecule has 0 fully saturated rings. The van der Waals surface area contributed by atoms with E-state index in [1.807, 2.05) is 18.2 Å². The maximum Gasteiger partial charge on any atom is 0.262 e. The van der Waals surface area contributed by atoms with Crippen molar-refractivity contribution < 1.29 is 9.59 Å². The van der Waals surface area contributed by atoms with Crippen molar-refractivity contribution in [2.45, 2.75) is 18.9 Å². The number of rotatable bonds is 1. The Balaban J connectivity index is 1.79. The molecular formula is C17H13NO2. The molecule has 0 spiro atoms. The monoisotopic (exact) mass is 263 g/mol. The van der Waals surface area contributed by atoms with E-state index >= 15 is 0 Å². The van der Waals surface area contributed by atoms with Crippen molar-refractivity contribution in [2.75, 3.05) is 0 Å². The number of amides is 2. The Kier molecular flexibility index (Phi) is 2.30. The number of aryl methyl sites for hydroxylation is 1. The lowest BCUT2D eigenvalue weighted by molar-refractivity contribution is 0.0582. The van der Waals surface area contributed by atoms with Gasteiger partial charge in [-0.3, -0.25) is 14.5 Å². The van der Waals surface area contributed by atoms with Crippen LogP contribution in [0.15, 0.2) is 48.5 Å². The van der Waals surface area contributed by atoms with Crippen LogP contribution in [0.25, 0.3) is 0 Å². The Morgan fingerprint density at radius 2 is 1.45 bits per heavy atom. The molecule has 0 saturated heterocycles. The fourth-order valence-electron chi connectivity index (χ4n) is 3.29. The predicted octanol–water partition coefficient (Wildman–Crippen LogP) is 2.97. The second-order valence-corrected chi connectivity index (χ2v) is 5.28. The van der Waals surface area contributed by atoms with Crippen molar-refractivity contribution >= 4 is 11.8 Å². The molecule has 3 nitrogen and oxygen atoms in total. The van der Waals surface area contributed by atoms with Crippen LogP contribution in [0.3, 0.4) is 0 Å². The van der Waals surface area contributed by atoms with Gasteiger partial charge in [-0.1, -0.05) is 36.4 Å². The molecule has 0 saturated carbocycles.